The van der Waals surface area contributed by atoms with Crippen LogP contribution in [0.3, 0.4) is 0 Å². The van der Waals surface area contributed by atoms with Gasteiger partial charge in [0.2, 0.25) is 5.91 Å². The van der Waals surface area contributed by atoms with Crippen LogP contribution in [-0.2, 0) is 16.8 Å². The first-order chi connectivity index (χ1) is 13.4. The molecule has 4 rings (SSSR count). The molecule has 0 unspecified atom stereocenters. The van der Waals surface area contributed by atoms with Crippen molar-refractivity contribution >= 4 is 16.8 Å². The number of likely N-dealkylation sites (tertiary alicyclic amines) is 1. The highest BCUT2D eigenvalue weighted by Crippen LogP contribution is 2.32. The zero-order valence-corrected chi connectivity index (χ0v) is 16.7. The van der Waals surface area contributed by atoms with Crippen LogP contribution in [0.5, 0.6) is 0 Å². The van der Waals surface area contributed by atoms with Gasteiger partial charge >= 0.3 is 0 Å². The lowest BCUT2D eigenvalue weighted by molar-refractivity contribution is -0.122. The number of benzene rings is 2. The van der Waals surface area contributed by atoms with E-state index in [4.69, 9.17) is 5.73 Å². The fourth-order valence-corrected chi connectivity index (χ4v) is 4.21. The Balaban J connectivity index is 1.40. The molecule has 2 aromatic carbocycles. The van der Waals surface area contributed by atoms with Crippen LogP contribution in [-0.4, -0.2) is 28.9 Å². The minimum Gasteiger partial charge on any atom is -0.369 e. The van der Waals surface area contributed by atoms with Gasteiger partial charge in [0.25, 0.3) is 0 Å². The molecule has 1 amide bonds. The lowest BCUT2D eigenvalue weighted by atomic mass is 9.80. The Morgan fingerprint density at radius 1 is 1.14 bits per heavy atom. The van der Waals surface area contributed by atoms with E-state index in [0.717, 1.165) is 38.0 Å². The molecule has 0 spiro atoms. The molecule has 2 heterocycles. The molecule has 0 atom stereocenters. The Morgan fingerprint density at radius 3 is 2.68 bits per heavy atom. The third kappa shape index (κ3) is 3.69. The molecule has 146 valence electrons. The summed E-state index contributed by atoms with van der Waals surface area (Å²) >= 11 is 0. The van der Waals surface area contributed by atoms with Gasteiger partial charge in [-0.25, -0.2) is 0 Å². The van der Waals surface area contributed by atoms with E-state index in [-0.39, 0.29) is 5.91 Å². The number of H-pyrrole nitrogens is 1. The molecule has 1 aliphatic rings. The first-order valence-electron chi connectivity index (χ1n) is 10.1. The second-order valence-corrected chi connectivity index (χ2v) is 8.56. The number of hydrogen-bond acceptors (Lipinski definition) is 2. The lowest BCUT2D eigenvalue weighted by Gasteiger charge is -2.33. The van der Waals surface area contributed by atoms with E-state index in [2.05, 4.69) is 52.3 Å². The molecule has 3 N–H and O–H groups in total. The van der Waals surface area contributed by atoms with Gasteiger partial charge in [-0.1, -0.05) is 30.3 Å². The number of aromatic nitrogens is 1. The van der Waals surface area contributed by atoms with Gasteiger partial charge in [-0.05, 0) is 86.0 Å². The monoisotopic (exact) mass is 375 g/mol. The zero-order valence-electron chi connectivity index (χ0n) is 16.7. The highest BCUT2D eigenvalue weighted by atomic mass is 16.1. The van der Waals surface area contributed by atoms with E-state index in [1.54, 1.807) is 0 Å². The Bertz CT molecular complexity index is 980. The molecule has 4 nitrogen and oxygen atoms in total. The topological polar surface area (TPSA) is 62.1 Å². The molecule has 1 aromatic heterocycles. The van der Waals surface area contributed by atoms with Gasteiger partial charge in [0.15, 0.2) is 0 Å². The fourth-order valence-electron chi connectivity index (χ4n) is 4.21. The van der Waals surface area contributed by atoms with Crippen LogP contribution in [0.25, 0.3) is 10.9 Å². The average Bonchev–Trinajstić information content (AvgIpc) is 3.16. The normalized spacial score (nSPS) is 16.5. The molecule has 4 heteroatoms. The highest BCUT2D eigenvalue weighted by molar-refractivity contribution is 5.85. The van der Waals surface area contributed by atoms with Gasteiger partial charge in [0.1, 0.15) is 0 Å². The second-order valence-electron chi connectivity index (χ2n) is 8.56. The molecule has 0 bridgehead atoms. The highest BCUT2D eigenvalue weighted by Gasteiger charge is 2.28. The minimum atomic E-state index is -0.631. The van der Waals surface area contributed by atoms with Crippen molar-refractivity contribution in [2.45, 2.75) is 44.6 Å². The summed E-state index contributed by atoms with van der Waals surface area (Å²) < 4.78 is 0. The summed E-state index contributed by atoms with van der Waals surface area (Å²) in [5, 5.41) is 1.28. The Morgan fingerprint density at radius 2 is 1.93 bits per heavy atom. The lowest BCUT2D eigenvalue weighted by Crippen LogP contribution is -2.35. The standard InChI is InChI=1S/C24H29N3O/c1-24(2,23(25)28)21-5-3-4-19(15-21)18-9-12-27(13-10-18)16-17-6-7-22-20(14-17)8-11-26-22/h3-8,11,14-15,18,26H,9-10,12-13,16H2,1-2H3,(H2,25,28). The number of nitrogens with one attached hydrogen (secondary N) is 1. The number of fused-ring (bicyclic) bond motifs is 1. The summed E-state index contributed by atoms with van der Waals surface area (Å²) in [6.45, 7) is 7.00. The van der Waals surface area contributed by atoms with Crippen LogP contribution in [0.1, 0.15) is 49.3 Å². The number of piperidine rings is 1. The smallest absolute Gasteiger partial charge is 0.227 e. The van der Waals surface area contributed by atoms with Crippen molar-refractivity contribution in [1.82, 2.24) is 9.88 Å². The van der Waals surface area contributed by atoms with Crippen molar-refractivity contribution < 1.29 is 4.79 Å². The van der Waals surface area contributed by atoms with Crippen molar-refractivity contribution in [3.8, 4) is 0 Å². The molecule has 0 aliphatic carbocycles. The molecule has 0 saturated carbocycles. The number of carbonyl (C=O) groups excluding carboxylic acids is 1. The SMILES string of the molecule is CC(C)(C(N)=O)c1cccc(C2CCN(Cc3ccc4[nH]ccc4c3)CC2)c1. The van der Waals surface area contributed by atoms with Crippen LogP contribution in [0, 0.1) is 0 Å². The number of hydrogen-bond donors (Lipinski definition) is 2. The van der Waals surface area contributed by atoms with Gasteiger partial charge in [-0.3, -0.25) is 9.69 Å². The third-order valence-electron chi connectivity index (χ3n) is 6.31. The molecule has 1 aliphatic heterocycles. The summed E-state index contributed by atoms with van der Waals surface area (Å²) in [6.07, 6.45) is 4.28. The van der Waals surface area contributed by atoms with Crippen LogP contribution in [0.15, 0.2) is 54.7 Å². The number of nitrogens with two attached hydrogens (primary N) is 1. The van der Waals surface area contributed by atoms with E-state index >= 15 is 0 Å². The van der Waals surface area contributed by atoms with Gasteiger partial charge in [0.05, 0.1) is 5.41 Å². The maximum Gasteiger partial charge on any atom is 0.227 e. The third-order valence-corrected chi connectivity index (χ3v) is 6.31. The summed E-state index contributed by atoms with van der Waals surface area (Å²) in [6, 6.07) is 17.3. The quantitative estimate of drug-likeness (QED) is 0.698. The zero-order chi connectivity index (χ0) is 19.7. The fraction of sp³-hybridized carbons (Fsp3) is 0.375. The van der Waals surface area contributed by atoms with Crippen LogP contribution < -0.4 is 5.73 Å². The Kier molecular flexibility index (Phi) is 4.98. The Labute approximate surface area is 166 Å². The van der Waals surface area contributed by atoms with E-state index in [1.807, 2.05) is 26.1 Å². The number of primary amides is 1. The predicted molar refractivity (Wildman–Crippen MR) is 114 cm³/mol. The molecule has 1 fully saturated rings. The van der Waals surface area contributed by atoms with Crippen molar-refractivity contribution in [3.05, 3.63) is 71.4 Å². The van der Waals surface area contributed by atoms with Crippen LogP contribution >= 0.6 is 0 Å². The van der Waals surface area contributed by atoms with E-state index < -0.39 is 5.41 Å². The second kappa shape index (κ2) is 7.44. The first-order valence-corrected chi connectivity index (χ1v) is 10.1. The van der Waals surface area contributed by atoms with Crippen molar-refractivity contribution in [3.63, 3.8) is 0 Å². The maximum atomic E-state index is 11.8. The molecule has 3 aromatic rings. The van der Waals surface area contributed by atoms with E-state index in [0.29, 0.717) is 5.92 Å². The van der Waals surface area contributed by atoms with Gasteiger partial charge in [0, 0.05) is 18.3 Å². The van der Waals surface area contributed by atoms with Crippen molar-refractivity contribution in [2.24, 2.45) is 5.73 Å². The first kappa shape index (κ1) is 18.8. The molecule has 0 radical (unpaired) electrons. The van der Waals surface area contributed by atoms with Gasteiger partial charge in [-0.15, -0.1) is 0 Å². The summed E-state index contributed by atoms with van der Waals surface area (Å²) in [7, 11) is 0. The molecule has 28 heavy (non-hydrogen) atoms. The average molecular weight is 376 g/mol. The molecular weight excluding hydrogens is 346 g/mol. The molecule has 1 saturated heterocycles. The number of amides is 1. The summed E-state index contributed by atoms with van der Waals surface area (Å²) in [5.74, 6) is 0.269. The van der Waals surface area contributed by atoms with E-state index in [9.17, 15) is 4.79 Å². The number of rotatable bonds is 5. The summed E-state index contributed by atoms with van der Waals surface area (Å²) in [5.41, 5.74) is 9.88. The molecular formula is C24H29N3O. The minimum absolute atomic E-state index is 0.279. The largest absolute Gasteiger partial charge is 0.369 e. The van der Waals surface area contributed by atoms with Crippen LogP contribution in [0.4, 0.5) is 0 Å². The Hall–Kier alpha value is -2.59. The van der Waals surface area contributed by atoms with Gasteiger partial charge < -0.3 is 10.7 Å². The van der Waals surface area contributed by atoms with Crippen LogP contribution in [0.2, 0.25) is 0 Å². The maximum absolute atomic E-state index is 11.8. The number of carbonyl (C=O) groups is 1. The van der Waals surface area contributed by atoms with Gasteiger partial charge in [-0.2, -0.15) is 0 Å². The predicted octanol–water partition coefficient (Wildman–Crippen LogP) is 4.31. The van der Waals surface area contributed by atoms with Crippen molar-refractivity contribution in [2.75, 3.05) is 13.1 Å². The summed E-state index contributed by atoms with van der Waals surface area (Å²) in [4.78, 5) is 17.6. The number of aromatic amines is 1. The number of nitrogens with zero attached hydrogens (tertiary/aromatic N) is 1. The van der Waals surface area contributed by atoms with Crippen molar-refractivity contribution in [1.29, 1.82) is 0 Å². The van der Waals surface area contributed by atoms with E-state index in [1.165, 1.54) is 22.0 Å².